The fourth-order valence-electron chi connectivity index (χ4n) is 1.05. The minimum atomic E-state index is -4.85. The van der Waals surface area contributed by atoms with Crippen LogP contribution in [0.2, 0.25) is 0 Å². The van der Waals surface area contributed by atoms with Crippen LogP contribution in [-0.2, 0) is 30.6 Å². The normalized spacial score (nSPS) is 13.0. The molecule has 0 saturated heterocycles. The minimum absolute atomic E-state index is 0. The maximum atomic E-state index is 12.8. The van der Waals surface area contributed by atoms with Gasteiger partial charge in [0, 0.05) is 33.4 Å². The molecule has 0 atom stereocenters. The number of esters is 1. The van der Waals surface area contributed by atoms with Gasteiger partial charge in [0.1, 0.15) is 5.57 Å². The molecule has 0 aliphatic heterocycles. The number of rotatable bonds is 5. The van der Waals surface area contributed by atoms with Crippen molar-refractivity contribution in [1.29, 1.82) is 0 Å². The number of nitrogens with zero attached hydrogens (tertiary/aromatic N) is 1. The van der Waals surface area contributed by atoms with E-state index in [0.717, 1.165) is 6.08 Å². The van der Waals surface area contributed by atoms with E-state index in [4.69, 9.17) is 15.9 Å². The van der Waals surface area contributed by atoms with Gasteiger partial charge in [0.2, 0.25) is 0 Å². The van der Waals surface area contributed by atoms with Crippen LogP contribution < -0.4 is 5.73 Å². The Morgan fingerprint density at radius 1 is 1.38 bits per heavy atom. The smallest absolute Gasteiger partial charge is 0.433 e. The van der Waals surface area contributed by atoms with Crippen LogP contribution in [0.1, 0.15) is 27.7 Å². The number of hydrogen-bond donors (Lipinski definition) is 3. The third-order valence-corrected chi connectivity index (χ3v) is 1.82. The first kappa shape index (κ1) is 27.5. The van der Waals surface area contributed by atoms with Gasteiger partial charge in [-0.1, -0.05) is 0 Å². The van der Waals surface area contributed by atoms with Crippen LogP contribution in [0.25, 0.3) is 0 Å². The summed E-state index contributed by atoms with van der Waals surface area (Å²) in [6, 6.07) is 0. The van der Waals surface area contributed by atoms with E-state index >= 15 is 0 Å². The molecule has 0 spiro atoms. The summed E-state index contributed by atoms with van der Waals surface area (Å²) in [6.07, 6.45) is -3.46. The largest absolute Gasteiger partial charge is 0.513 e. The molecule has 6 nitrogen and oxygen atoms in total. The molecule has 0 rings (SSSR count). The number of carbonyl (C=O) groups is 1. The van der Waals surface area contributed by atoms with Gasteiger partial charge < -0.3 is 20.7 Å². The topological polar surface area (TPSA) is 105 Å². The zero-order valence-electron chi connectivity index (χ0n) is 13.9. The van der Waals surface area contributed by atoms with Crippen molar-refractivity contribution in [3.05, 3.63) is 23.6 Å². The van der Waals surface area contributed by atoms with E-state index in [-0.39, 0.29) is 39.5 Å². The number of alkyl halides is 3. The molecule has 0 bridgehead atoms. The Morgan fingerprint density at radius 3 is 2.12 bits per heavy atom. The monoisotopic (exact) mass is 524 g/mol. The molecule has 0 fully saturated rings. The van der Waals surface area contributed by atoms with E-state index in [0.29, 0.717) is 6.20 Å². The average Bonchev–Trinajstić information content (AvgIpc) is 2.35. The van der Waals surface area contributed by atoms with E-state index in [1.807, 2.05) is 0 Å². The van der Waals surface area contributed by atoms with E-state index in [2.05, 4.69) is 9.73 Å². The molecule has 10 heteroatoms. The van der Waals surface area contributed by atoms with Crippen LogP contribution >= 0.6 is 0 Å². The number of aliphatic hydroxyl groups is 2. The van der Waals surface area contributed by atoms with Gasteiger partial charge in [-0.15, -0.1) is 0 Å². The number of hydrogen-bond acceptors (Lipinski definition) is 6. The van der Waals surface area contributed by atoms with Crippen molar-refractivity contribution < 1.29 is 54.0 Å². The predicted octanol–water partition coefficient (Wildman–Crippen LogP) is 2.24. The quantitative estimate of drug-likeness (QED) is 0.222. The number of aliphatic imine (C=N–C) groups is 1. The van der Waals surface area contributed by atoms with Gasteiger partial charge >= 0.3 is 12.1 Å². The second kappa shape index (κ2) is 14.0. The molecular weight excluding hydrogens is 501 g/mol. The first-order valence-electron chi connectivity index (χ1n) is 6.72. The van der Waals surface area contributed by atoms with Crippen LogP contribution in [-0.4, -0.2) is 47.3 Å². The zero-order chi connectivity index (χ0) is 18.6. The van der Waals surface area contributed by atoms with Crippen molar-refractivity contribution in [2.24, 2.45) is 10.7 Å². The first-order chi connectivity index (χ1) is 10.5. The molecule has 0 aliphatic rings. The van der Waals surface area contributed by atoms with E-state index in [1.54, 1.807) is 13.8 Å². The van der Waals surface area contributed by atoms with E-state index in [1.165, 1.54) is 13.8 Å². The molecule has 0 aliphatic carbocycles. The average molecular weight is 524 g/mol. The van der Waals surface area contributed by atoms with Crippen molar-refractivity contribution in [3.8, 4) is 0 Å². The molecule has 0 unspecified atom stereocenters. The Balaban J connectivity index is -0.000000787. The number of halogens is 3. The summed E-state index contributed by atoms with van der Waals surface area (Å²) in [4.78, 5) is 14.6. The van der Waals surface area contributed by atoms with E-state index in [9.17, 15) is 18.0 Å². The van der Waals surface area contributed by atoms with Crippen LogP contribution in [0.4, 0.5) is 13.2 Å². The Labute approximate surface area is 153 Å². The third kappa shape index (κ3) is 14.3. The van der Waals surface area contributed by atoms with Gasteiger partial charge in [-0.05, 0) is 33.8 Å². The summed E-state index contributed by atoms with van der Waals surface area (Å²) in [5, 5.41) is 16.9. The molecule has 0 heterocycles. The Kier molecular flexibility index (Phi) is 16.1. The molecular formula is C14H23F3N2O4W. The number of allylic oxidation sites excluding steroid dienone is 1. The number of nitrogens with two attached hydrogens (primary N) is 1. The van der Waals surface area contributed by atoms with Gasteiger partial charge in [0.25, 0.3) is 0 Å². The van der Waals surface area contributed by atoms with Gasteiger partial charge in [-0.3, -0.25) is 4.99 Å². The fourth-order valence-corrected chi connectivity index (χ4v) is 1.05. The second-order valence-corrected chi connectivity index (χ2v) is 4.43. The van der Waals surface area contributed by atoms with E-state index < -0.39 is 30.0 Å². The fraction of sp³-hybridized carbons (Fsp3) is 0.571. The summed E-state index contributed by atoms with van der Waals surface area (Å²) >= 11 is 0. The van der Waals surface area contributed by atoms with Crippen molar-refractivity contribution in [1.82, 2.24) is 0 Å². The molecule has 0 saturated carbocycles. The molecule has 0 aromatic carbocycles. The van der Waals surface area contributed by atoms with Gasteiger partial charge in [0.05, 0.1) is 18.9 Å². The number of carbonyl (C=O) groups excluding carboxylic acids is 1. The Morgan fingerprint density at radius 2 is 1.83 bits per heavy atom. The van der Waals surface area contributed by atoms with Crippen molar-refractivity contribution in [2.45, 2.75) is 40.0 Å². The van der Waals surface area contributed by atoms with Gasteiger partial charge in [0.15, 0.2) is 5.71 Å². The second-order valence-electron chi connectivity index (χ2n) is 4.43. The zero-order valence-corrected chi connectivity index (χ0v) is 16.9. The third-order valence-electron chi connectivity index (χ3n) is 1.82. The molecule has 0 radical (unpaired) electrons. The standard InChI is InChI=1S/C11H15F3N2O3.C3H8O.W/c1-3-19-10(18)8(6-15)9(11(12,13)14)16-5-4-7(2)17;1-3(2)4;/h4,6,17H,3,5,15H2,1-2H3;3-4H,1-2H3;/b7-4+,8-6+,16-9?;;. The number of aliphatic hydroxyl groups excluding tert-OH is 2. The first-order valence-corrected chi connectivity index (χ1v) is 6.72. The number of ether oxygens (including phenoxy) is 1. The summed E-state index contributed by atoms with van der Waals surface area (Å²) in [6.45, 7) is 5.66. The van der Waals surface area contributed by atoms with Crippen LogP contribution in [0, 0.1) is 0 Å². The van der Waals surface area contributed by atoms with Gasteiger partial charge in [-0.25, -0.2) is 4.79 Å². The summed E-state index contributed by atoms with van der Waals surface area (Å²) < 4.78 is 42.8. The molecule has 0 aromatic rings. The molecule has 140 valence electrons. The minimum Gasteiger partial charge on any atom is -0.513 e. The Bertz CT molecular complexity index is 455. The maximum absolute atomic E-state index is 12.8. The van der Waals surface area contributed by atoms with Crippen LogP contribution in [0.15, 0.2) is 28.6 Å². The Hall–Kier alpha value is -1.34. The van der Waals surface area contributed by atoms with Crippen molar-refractivity contribution in [2.75, 3.05) is 13.2 Å². The molecule has 0 aromatic heterocycles. The summed E-state index contributed by atoms with van der Waals surface area (Å²) in [7, 11) is 0. The van der Waals surface area contributed by atoms with Crippen molar-refractivity contribution >= 4 is 11.7 Å². The SMILES string of the molecule is CC(C)O.CCOC(=O)/C(=C/N)C(=NC/C=C(\C)O)C(F)(F)F.[W]. The maximum Gasteiger partial charge on any atom is 0.433 e. The molecule has 0 amide bonds. The van der Waals surface area contributed by atoms with Gasteiger partial charge in [-0.2, -0.15) is 13.2 Å². The summed E-state index contributed by atoms with van der Waals surface area (Å²) in [5.74, 6) is -1.38. The molecule has 4 N–H and O–H groups in total. The van der Waals surface area contributed by atoms with Crippen LogP contribution in [0.3, 0.4) is 0 Å². The molecule has 24 heavy (non-hydrogen) atoms. The summed E-state index contributed by atoms with van der Waals surface area (Å²) in [5.41, 5.74) is 2.72. The predicted molar refractivity (Wildman–Crippen MR) is 81.0 cm³/mol. The van der Waals surface area contributed by atoms with Crippen LogP contribution in [0.5, 0.6) is 0 Å². The van der Waals surface area contributed by atoms with Crippen molar-refractivity contribution in [3.63, 3.8) is 0 Å².